The number of carbonyl (C=O) groups excluding carboxylic acids is 1. The summed E-state index contributed by atoms with van der Waals surface area (Å²) in [5.74, 6) is -0.478. The van der Waals surface area contributed by atoms with E-state index in [2.05, 4.69) is 16.3 Å². The molecule has 1 aromatic carbocycles. The van der Waals surface area contributed by atoms with Crippen molar-refractivity contribution in [3.05, 3.63) is 42.0 Å². The van der Waals surface area contributed by atoms with Crippen molar-refractivity contribution in [2.45, 2.75) is 31.9 Å². The van der Waals surface area contributed by atoms with Gasteiger partial charge >= 0.3 is 12.5 Å². The number of nitrogens with zero attached hydrogens (tertiary/aromatic N) is 1. The highest BCUT2D eigenvalue weighted by Gasteiger charge is 2.37. The van der Waals surface area contributed by atoms with Gasteiger partial charge in [0.15, 0.2) is 0 Å². The second kappa shape index (κ2) is 7.50. The average molecular weight is 353 g/mol. The van der Waals surface area contributed by atoms with Crippen LogP contribution in [0.4, 0.5) is 26.3 Å². The van der Waals surface area contributed by atoms with Gasteiger partial charge in [0.25, 0.3) is 0 Å². The number of alkyl halides is 6. The third-order valence-corrected chi connectivity index (χ3v) is 2.90. The first-order valence-electron chi connectivity index (χ1n) is 6.62. The molecule has 3 nitrogen and oxygen atoms in total. The van der Waals surface area contributed by atoms with Gasteiger partial charge in [0, 0.05) is 5.71 Å². The molecule has 0 saturated heterocycles. The lowest BCUT2D eigenvalue weighted by Gasteiger charge is -2.15. The highest BCUT2D eigenvalue weighted by molar-refractivity contribution is 6.01. The fourth-order valence-corrected chi connectivity index (χ4v) is 1.74. The van der Waals surface area contributed by atoms with E-state index in [1.807, 2.05) is 0 Å². The number of aliphatic imine (C=N–C) groups is 1. The van der Waals surface area contributed by atoms with Crippen molar-refractivity contribution >= 4 is 12.0 Å². The Morgan fingerprint density at radius 1 is 1.21 bits per heavy atom. The Bertz CT molecular complexity index is 616. The van der Waals surface area contributed by atoms with Crippen molar-refractivity contribution in [1.82, 2.24) is 0 Å². The third-order valence-electron chi connectivity index (χ3n) is 2.90. The number of hydrogen-bond donors (Lipinski definition) is 0. The molecule has 1 aromatic rings. The maximum atomic E-state index is 12.6. The van der Waals surface area contributed by atoms with E-state index in [1.54, 1.807) is 6.92 Å². The summed E-state index contributed by atoms with van der Waals surface area (Å²) < 4.78 is 77.8. The molecule has 0 amide bonds. The normalized spacial score (nSPS) is 14.2. The predicted octanol–water partition coefficient (Wildman–Crippen LogP) is 4.47. The number of hydrogen-bond acceptors (Lipinski definition) is 3. The van der Waals surface area contributed by atoms with E-state index in [0.717, 1.165) is 12.1 Å². The second-order valence-electron chi connectivity index (χ2n) is 4.61. The van der Waals surface area contributed by atoms with Crippen LogP contribution in [0.15, 0.2) is 41.4 Å². The Labute approximate surface area is 133 Å². The fourth-order valence-electron chi connectivity index (χ4n) is 1.74. The zero-order chi connectivity index (χ0) is 18.5. The number of aldehydes is 1. The molecule has 0 aromatic heterocycles. The summed E-state index contributed by atoms with van der Waals surface area (Å²) in [4.78, 5) is 14.6. The summed E-state index contributed by atoms with van der Waals surface area (Å²) >= 11 is 0. The molecule has 9 heteroatoms. The number of benzene rings is 1. The number of carbonyl (C=O) groups is 1. The lowest BCUT2D eigenvalue weighted by molar-refractivity contribution is -0.274. The first-order valence-corrected chi connectivity index (χ1v) is 6.62. The van der Waals surface area contributed by atoms with Crippen LogP contribution in [0.1, 0.15) is 18.9 Å². The van der Waals surface area contributed by atoms with E-state index in [0.29, 0.717) is 0 Å². The van der Waals surface area contributed by atoms with Crippen LogP contribution in [0, 0.1) is 0 Å². The molecule has 0 aliphatic heterocycles. The molecule has 1 rings (SSSR count). The molecule has 0 fully saturated rings. The monoisotopic (exact) mass is 353 g/mol. The lowest BCUT2D eigenvalue weighted by atomic mass is 10.1. The molecule has 0 N–H and O–H groups in total. The van der Waals surface area contributed by atoms with Gasteiger partial charge in [0.05, 0.1) is 5.57 Å². The molecule has 1 unspecified atom stereocenters. The van der Waals surface area contributed by atoms with Crippen molar-refractivity contribution in [2.75, 3.05) is 0 Å². The van der Waals surface area contributed by atoms with Crippen molar-refractivity contribution < 1.29 is 35.9 Å². The molecule has 24 heavy (non-hydrogen) atoms. The molecular weight excluding hydrogens is 340 g/mol. The van der Waals surface area contributed by atoms with E-state index in [-0.39, 0.29) is 24.0 Å². The Morgan fingerprint density at radius 3 is 2.12 bits per heavy atom. The second-order valence-corrected chi connectivity index (χ2v) is 4.61. The predicted molar refractivity (Wildman–Crippen MR) is 75.0 cm³/mol. The van der Waals surface area contributed by atoms with Gasteiger partial charge in [-0.2, -0.15) is 13.2 Å². The molecule has 0 saturated carbocycles. The molecule has 1 atom stereocenters. The molecule has 0 bridgehead atoms. The van der Waals surface area contributed by atoms with Gasteiger partial charge < -0.3 is 9.53 Å². The lowest BCUT2D eigenvalue weighted by Crippen LogP contribution is -2.24. The summed E-state index contributed by atoms with van der Waals surface area (Å²) in [6, 6.07) is 2.61. The Morgan fingerprint density at radius 2 is 1.75 bits per heavy atom. The Balaban J connectivity index is 3.07. The topological polar surface area (TPSA) is 38.7 Å². The molecule has 0 aliphatic rings. The van der Waals surface area contributed by atoms with Crippen LogP contribution >= 0.6 is 0 Å². The average Bonchev–Trinajstić information content (AvgIpc) is 2.46. The van der Waals surface area contributed by atoms with Crippen LogP contribution in [0.2, 0.25) is 0 Å². The summed E-state index contributed by atoms with van der Waals surface area (Å²) in [6.07, 6.45) is -9.46. The number of halogens is 6. The van der Waals surface area contributed by atoms with Crippen molar-refractivity contribution in [3.8, 4) is 5.75 Å². The first-order chi connectivity index (χ1) is 11.0. The Kier molecular flexibility index (Phi) is 6.16. The van der Waals surface area contributed by atoms with E-state index in [9.17, 15) is 31.1 Å². The van der Waals surface area contributed by atoms with Crippen LogP contribution in [-0.2, 0) is 4.79 Å². The maximum absolute atomic E-state index is 12.6. The summed E-state index contributed by atoms with van der Waals surface area (Å²) in [5, 5.41) is 0. The Hall–Kier alpha value is -2.32. The molecule has 0 spiro atoms. The van der Waals surface area contributed by atoms with Gasteiger partial charge in [-0.05, 0) is 36.2 Å². The van der Waals surface area contributed by atoms with E-state index in [1.165, 1.54) is 12.1 Å². The number of rotatable bonds is 6. The van der Waals surface area contributed by atoms with Crippen LogP contribution in [-0.4, -0.2) is 30.6 Å². The smallest absolute Gasteiger partial charge is 0.406 e. The quantitative estimate of drug-likeness (QED) is 0.328. The van der Waals surface area contributed by atoms with E-state index in [4.69, 9.17) is 0 Å². The fraction of sp³-hybridized carbons (Fsp3) is 0.333. The molecule has 0 aliphatic carbocycles. The van der Waals surface area contributed by atoms with Crippen LogP contribution in [0.5, 0.6) is 5.75 Å². The van der Waals surface area contributed by atoms with E-state index < -0.39 is 29.9 Å². The first kappa shape index (κ1) is 19.7. The molecule has 0 radical (unpaired) electrons. The minimum Gasteiger partial charge on any atom is -0.406 e. The van der Waals surface area contributed by atoms with Gasteiger partial charge in [-0.1, -0.05) is 13.5 Å². The van der Waals surface area contributed by atoms with Gasteiger partial charge in [-0.25, -0.2) is 0 Å². The highest BCUT2D eigenvalue weighted by atomic mass is 19.4. The van der Waals surface area contributed by atoms with Gasteiger partial charge in [-0.15, -0.1) is 13.2 Å². The summed E-state index contributed by atoms with van der Waals surface area (Å²) in [6.45, 7) is 4.40. The zero-order valence-electron chi connectivity index (χ0n) is 12.4. The van der Waals surface area contributed by atoms with Crippen molar-refractivity contribution in [2.24, 2.45) is 4.99 Å². The number of ether oxygens (including phenoxy) is 1. The summed E-state index contributed by atoms with van der Waals surface area (Å²) in [5.41, 5.74) is -0.926. The highest BCUT2D eigenvalue weighted by Crippen LogP contribution is 2.28. The minimum atomic E-state index is -4.85. The molecule has 0 heterocycles. The van der Waals surface area contributed by atoms with Crippen molar-refractivity contribution in [1.29, 1.82) is 0 Å². The SMILES string of the molecule is C=C(C(C=O)N=C(CC)c1ccc(OC(F)(F)F)cc1)C(F)(F)F. The largest absolute Gasteiger partial charge is 0.573 e. The standard InChI is InChI=1S/C15H13F6NO2/c1-3-12(22-13(8-23)9(2)14(16,17)18)10-4-6-11(7-5-10)24-15(19,20)21/h4-8,13H,2-3H2,1H3. The summed E-state index contributed by atoms with van der Waals surface area (Å²) in [7, 11) is 0. The maximum Gasteiger partial charge on any atom is 0.573 e. The van der Waals surface area contributed by atoms with E-state index >= 15 is 0 Å². The van der Waals surface area contributed by atoms with Crippen LogP contribution in [0.25, 0.3) is 0 Å². The van der Waals surface area contributed by atoms with Gasteiger partial charge in [-0.3, -0.25) is 4.99 Å². The van der Waals surface area contributed by atoms with Crippen LogP contribution in [0.3, 0.4) is 0 Å². The molecule has 132 valence electrons. The van der Waals surface area contributed by atoms with Crippen molar-refractivity contribution in [3.63, 3.8) is 0 Å². The minimum absolute atomic E-state index is 0.00656. The molecular formula is C15H13F6NO2. The van der Waals surface area contributed by atoms with Gasteiger partial charge in [0.1, 0.15) is 18.1 Å². The zero-order valence-corrected chi connectivity index (χ0v) is 12.4. The van der Waals surface area contributed by atoms with Crippen LogP contribution < -0.4 is 4.74 Å². The third kappa shape index (κ3) is 5.71. The van der Waals surface area contributed by atoms with Gasteiger partial charge in [0.2, 0.25) is 0 Å².